The molecule has 3 rings (SSSR count). The first kappa shape index (κ1) is 20.7. The van der Waals surface area contributed by atoms with E-state index in [0.717, 1.165) is 37.6 Å². The molecule has 1 aromatic heterocycles. The number of para-hydroxylation sites is 2. The quantitative estimate of drug-likeness (QED) is 0.701. The number of nitrogens with zero attached hydrogens (tertiary/aromatic N) is 4. The van der Waals surface area contributed by atoms with Gasteiger partial charge in [-0.05, 0) is 19.1 Å². The fourth-order valence-electron chi connectivity index (χ4n) is 3.36. The molecule has 0 saturated carbocycles. The highest BCUT2D eigenvalue weighted by atomic mass is 16.5. The molecular formula is C20H27N5O4. The molecule has 0 aliphatic carbocycles. The summed E-state index contributed by atoms with van der Waals surface area (Å²) in [4.78, 5) is 28.9. The third kappa shape index (κ3) is 4.86. The zero-order valence-electron chi connectivity index (χ0n) is 17.1. The monoisotopic (exact) mass is 401 g/mol. The largest absolute Gasteiger partial charge is 0.495 e. The summed E-state index contributed by atoms with van der Waals surface area (Å²) in [5.41, 5.74) is 1.32. The van der Waals surface area contributed by atoms with Gasteiger partial charge in [-0.2, -0.15) is 5.10 Å². The number of hydrogen-bond acceptors (Lipinski definition) is 7. The molecule has 0 unspecified atom stereocenters. The van der Waals surface area contributed by atoms with Crippen molar-refractivity contribution < 1.29 is 19.1 Å². The molecule has 0 radical (unpaired) electrons. The Kier molecular flexibility index (Phi) is 6.71. The molecule has 9 nitrogen and oxygen atoms in total. The maximum Gasteiger partial charge on any atom is 0.343 e. The Morgan fingerprint density at radius 1 is 1.17 bits per heavy atom. The van der Waals surface area contributed by atoms with Gasteiger partial charge in [0.2, 0.25) is 5.91 Å². The minimum absolute atomic E-state index is 0.190. The lowest BCUT2D eigenvalue weighted by Gasteiger charge is -2.36. The fraction of sp³-hybridized carbons (Fsp3) is 0.450. The van der Waals surface area contributed by atoms with E-state index in [9.17, 15) is 9.59 Å². The molecule has 1 aromatic carbocycles. The van der Waals surface area contributed by atoms with Gasteiger partial charge in [0.15, 0.2) is 0 Å². The van der Waals surface area contributed by atoms with E-state index >= 15 is 0 Å². The van der Waals surface area contributed by atoms with E-state index in [1.165, 1.54) is 10.9 Å². The first-order chi connectivity index (χ1) is 14.0. The second-order valence-corrected chi connectivity index (χ2v) is 6.73. The first-order valence-electron chi connectivity index (χ1n) is 9.62. The standard InChI is InChI=1S/C20H27N5O4/c1-4-29-20(27)15-13-21-23(2)19(15)22-18(26)14-24-9-11-25(12-10-24)16-7-5-6-8-17(16)28-3/h5-8,13H,4,9-12,14H2,1-3H3,(H,22,26). The van der Waals surface area contributed by atoms with Gasteiger partial charge in [0.25, 0.3) is 0 Å². The number of amides is 1. The highest BCUT2D eigenvalue weighted by Gasteiger charge is 2.23. The maximum absolute atomic E-state index is 12.5. The molecule has 0 spiro atoms. The highest BCUT2D eigenvalue weighted by molar-refractivity contribution is 6.00. The highest BCUT2D eigenvalue weighted by Crippen LogP contribution is 2.28. The Bertz CT molecular complexity index is 858. The van der Waals surface area contributed by atoms with Gasteiger partial charge in [-0.15, -0.1) is 0 Å². The lowest BCUT2D eigenvalue weighted by atomic mass is 10.2. The van der Waals surface area contributed by atoms with Crippen LogP contribution in [0.5, 0.6) is 5.75 Å². The second kappa shape index (κ2) is 9.42. The molecule has 1 aliphatic rings. The normalized spacial score (nSPS) is 14.5. The summed E-state index contributed by atoms with van der Waals surface area (Å²) >= 11 is 0. The van der Waals surface area contributed by atoms with Crippen molar-refractivity contribution in [2.75, 3.05) is 56.7 Å². The van der Waals surface area contributed by atoms with Gasteiger partial charge >= 0.3 is 5.97 Å². The van der Waals surface area contributed by atoms with Crippen LogP contribution >= 0.6 is 0 Å². The molecule has 0 bridgehead atoms. The molecule has 156 valence electrons. The van der Waals surface area contributed by atoms with Crippen LogP contribution in [0.4, 0.5) is 11.5 Å². The second-order valence-electron chi connectivity index (χ2n) is 6.73. The molecule has 29 heavy (non-hydrogen) atoms. The lowest BCUT2D eigenvalue weighted by Crippen LogP contribution is -2.48. The summed E-state index contributed by atoms with van der Waals surface area (Å²) in [6.07, 6.45) is 1.40. The SMILES string of the molecule is CCOC(=O)c1cnn(C)c1NC(=O)CN1CCN(c2ccccc2OC)CC1. The summed E-state index contributed by atoms with van der Waals surface area (Å²) in [5, 5.41) is 6.84. The number of carbonyl (C=O) groups excluding carboxylic acids is 2. The van der Waals surface area contributed by atoms with Crippen LogP contribution in [0, 0.1) is 0 Å². The number of piperazine rings is 1. The molecule has 0 atom stereocenters. The average Bonchev–Trinajstić information content (AvgIpc) is 3.09. The summed E-state index contributed by atoms with van der Waals surface area (Å²) in [6, 6.07) is 7.93. The van der Waals surface area contributed by atoms with Crippen molar-refractivity contribution >= 4 is 23.4 Å². The first-order valence-corrected chi connectivity index (χ1v) is 9.62. The number of esters is 1. The van der Waals surface area contributed by atoms with Gasteiger partial charge in [-0.1, -0.05) is 12.1 Å². The molecule has 2 heterocycles. The number of benzene rings is 1. The number of methoxy groups -OCH3 is 1. The Morgan fingerprint density at radius 3 is 2.59 bits per heavy atom. The number of anilines is 2. The number of ether oxygens (including phenoxy) is 2. The van der Waals surface area contributed by atoms with E-state index in [1.54, 1.807) is 21.1 Å². The van der Waals surface area contributed by atoms with Crippen molar-refractivity contribution in [3.63, 3.8) is 0 Å². The predicted octanol–water partition coefficient (Wildman–Crippen LogP) is 1.37. The van der Waals surface area contributed by atoms with Crippen molar-refractivity contribution in [1.29, 1.82) is 0 Å². The van der Waals surface area contributed by atoms with Crippen molar-refractivity contribution in [3.05, 3.63) is 36.0 Å². The molecule has 2 aromatic rings. The predicted molar refractivity (Wildman–Crippen MR) is 109 cm³/mol. The lowest BCUT2D eigenvalue weighted by molar-refractivity contribution is -0.117. The van der Waals surface area contributed by atoms with Gasteiger partial charge in [0, 0.05) is 33.2 Å². The smallest absolute Gasteiger partial charge is 0.343 e. The van der Waals surface area contributed by atoms with Crippen molar-refractivity contribution in [1.82, 2.24) is 14.7 Å². The molecular weight excluding hydrogens is 374 g/mol. The number of rotatable bonds is 7. The van der Waals surface area contributed by atoms with Crippen molar-refractivity contribution in [2.24, 2.45) is 7.05 Å². The Hall–Kier alpha value is -3.07. The van der Waals surface area contributed by atoms with Gasteiger partial charge in [0.05, 0.1) is 32.1 Å². The Morgan fingerprint density at radius 2 is 1.90 bits per heavy atom. The minimum Gasteiger partial charge on any atom is -0.495 e. The van der Waals surface area contributed by atoms with Gasteiger partial charge in [-0.3, -0.25) is 14.4 Å². The molecule has 1 amide bonds. The van der Waals surface area contributed by atoms with Crippen LogP contribution in [0.15, 0.2) is 30.5 Å². The van der Waals surface area contributed by atoms with E-state index in [4.69, 9.17) is 9.47 Å². The van der Waals surface area contributed by atoms with Crippen LogP contribution in [-0.4, -0.2) is 73.0 Å². The average molecular weight is 401 g/mol. The van der Waals surface area contributed by atoms with E-state index in [-0.39, 0.29) is 24.6 Å². The Labute approximate surface area is 170 Å². The van der Waals surface area contributed by atoms with Gasteiger partial charge < -0.3 is 19.7 Å². The third-order valence-corrected chi connectivity index (χ3v) is 4.86. The van der Waals surface area contributed by atoms with Crippen LogP contribution in [0.25, 0.3) is 0 Å². The third-order valence-electron chi connectivity index (χ3n) is 4.86. The Balaban J connectivity index is 1.56. The van der Waals surface area contributed by atoms with E-state index in [0.29, 0.717) is 5.82 Å². The zero-order chi connectivity index (χ0) is 20.8. The molecule has 1 aliphatic heterocycles. The molecule has 1 N–H and O–H groups in total. The number of hydrogen-bond donors (Lipinski definition) is 1. The van der Waals surface area contributed by atoms with Crippen LogP contribution < -0.4 is 15.0 Å². The summed E-state index contributed by atoms with van der Waals surface area (Å²) < 4.78 is 11.9. The number of nitrogens with one attached hydrogen (secondary N) is 1. The molecule has 1 saturated heterocycles. The van der Waals surface area contributed by atoms with Crippen molar-refractivity contribution in [2.45, 2.75) is 6.92 Å². The van der Waals surface area contributed by atoms with E-state index < -0.39 is 5.97 Å². The van der Waals surface area contributed by atoms with Crippen LogP contribution in [0.1, 0.15) is 17.3 Å². The number of carbonyl (C=O) groups is 2. The van der Waals surface area contributed by atoms with Crippen molar-refractivity contribution in [3.8, 4) is 5.75 Å². The van der Waals surface area contributed by atoms with Gasteiger partial charge in [0.1, 0.15) is 17.1 Å². The molecule has 9 heteroatoms. The number of aromatic nitrogens is 2. The summed E-state index contributed by atoms with van der Waals surface area (Å²) in [6.45, 7) is 5.34. The van der Waals surface area contributed by atoms with Gasteiger partial charge in [-0.25, -0.2) is 4.79 Å². The maximum atomic E-state index is 12.5. The van der Waals surface area contributed by atoms with Crippen LogP contribution in [0.2, 0.25) is 0 Å². The zero-order valence-corrected chi connectivity index (χ0v) is 17.1. The molecule has 1 fully saturated rings. The number of aryl methyl sites for hydroxylation is 1. The minimum atomic E-state index is -0.499. The van der Waals surface area contributed by atoms with Crippen LogP contribution in [0.3, 0.4) is 0 Å². The van der Waals surface area contributed by atoms with E-state index in [1.807, 2.05) is 24.3 Å². The fourth-order valence-corrected chi connectivity index (χ4v) is 3.36. The summed E-state index contributed by atoms with van der Waals surface area (Å²) in [7, 11) is 3.34. The van der Waals surface area contributed by atoms with E-state index in [2.05, 4.69) is 20.2 Å². The summed E-state index contributed by atoms with van der Waals surface area (Å²) in [5.74, 6) is 0.508. The topological polar surface area (TPSA) is 88.9 Å². The van der Waals surface area contributed by atoms with Crippen LogP contribution in [-0.2, 0) is 16.6 Å².